The van der Waals surface area contributed by atoms with Crippen LogP contribution in [0.1, 0.15) is 18.4 Å². The van der Waals surface area contributed by atoms with E-state index >= 15 is 0 Å². The minimum atomic E-state index is -3.64. The normalized spacial score (nSPS) is 17.5. The average Bonchev–Trinajstić information content (AvgIpc) is 2.75. The molecule has 0 radical (unpaired) electrons. The van der Waals surface area contributed by atoms with Crippen molar-refractivity contribution in [2.45, 2.75) is 23.5 Å². The van der Waals surface area contributed by atoms with Gasteiger partial charge in [-0.25, -0.2) is 8.42 Å². The maximum absolute atomic E-state index is 12.9. The van der Waals surface area contributed by atoms with Crippen molar-refractivity contribution in [1.29, 1.82) is 0 Å². The van der Waals surface area contributed by atoms with E-state index in [1.165, 1.54) is 16.4 Å². The Kier molecular flexibility index (Phi) is 8.96. The van der Waals surface area contributed by atoms with E-state index in [9.17, 15) is 13.2 Å². The molecule has 10 heteroatoms. The van der Waals surface area contributed by atoms with Gasteiger partial charge in [-0.05, 0) is 54.8 Å². The zero-order valence-corrected chi connectivity index (χ0v) is 20.6. The van der Waals surface area contributed by atoms with Gasteiger partial charge in [0.25, 0.3) is 0 Å². The molecule has 0 saturated carbocycles. The molecule has 1 amide bonds. The van der Waals surface area contributed by atoms with Crippen LogP contribution in [0.2, 0.25) is 15.1 Å². The molecule has 2 aromatic carbocycles. The highest BCUT2D eigenvalue weighted by Crippen LogP contribution is 2.26. The molecule has 1 atom stereocenters. The van der Waals surface area contributed by atoms with E-state index in [1.54, 1.807) is 36.0 Å². The monoisotopic (exact) mass is 520 g/mol. The zero-order chi connectivity index (χ0) is 22.4. The van der Waals surface area contributed by atoms with E-state index in [0.29, 0.717) is 41.0 Å². The van der Waals surface area contributed by atoms with Crippen molar-refractivity contribution in [3.05, 3.63) is 63.1 Å². The SMILES string of the molecule is O=C(NCCSCc1ccc(Cl)cc1Cl)C1CCCN(S(=O)(=O)c2ccc(Cl)cc2)C1. The summed E-state index contributed by atoms with van der Waals surface area (Å²) >= 11 is 19.6. The van der Waals surface area contributed by atoms with Crippen molar-refractivity contribution in [1.82, 2.24) is 9.62 Å². The Bertz CT molecular complexity index is 1020. The fourth-order valence-corrected chi connectivity index (χ4v) is 6.41. The molecule has 5 nitrogen and oxygen atoms in total. The second kappa shape index (κ2) is 11.3. The summed E-state index contributed by atoms with van der Waals surface area (Å²) < 4.78 is 27.1. The number of halogens is 3. The highest BCUT2D eigenvalue weighted by Gasteiger charge is 2.33. The standard InChI is InChI=1S/C21H23Cl3N2O3S2/c22-17-5-7-19(8-6-17)31(28,29)26-10-1-2-15(13-26)21(27)25-9-11-30-14-16-3-4-18(23)12-20(16)24/h3-8,12,15H,1-2,9-11,13-14H2,(H,25,27). The lowest BCUT2D eigenvalue weighted by Gasteiger charge is -2.31. The lowest BCUT2D eigenvalue weighted by Crippen LogP contribution is -2.45. The first kappa shape index (κ1) is 24.7. The molecule has 3 rings (SSSR count). The number of rotatable bonds is 8. The number of benzene rings is 2. The van der Waals surface area contributed by atoms with E-state index in [2.05, 4.69) is 5.32 Å². The predicted octanol–water partition coefficient (Wildman–Crippen LogP) is 5.10. The number of hydrogen-bond acceptors (Lipinski definition) is 4. The summed E-state index contributed by atoms with van der Waals surface area (Å²) in [7, 11) is -3.64. The van der Waals surface area contributed by atoms with Crippen molar-refractivity contribution in [3.8, 4) is 0 Å². The third-order valence-corrected chi connectivity index (χ3v) is 8.75. The van der Waals surface area contributed by atoms with Crippen molar-refractivity contribution in [2.24, 2.45) is 5.92 Å². The van der Waals surface area contributed by atoms with Crippen molar-refractivity contribution >= 4 is 62.5 Å². The zero-order valence-electron chi connectivity index (χ0n) is 16.7. The van der Waals surface area contributed by atoms with E-state index in [4.69, 9.17) is 34.8 Å². The summed E-state index contributed by atoms with van der Waals surface area (Å²) in [5, 5.41) is 4.64. The molecule has 1 fully saturated rings. The quantitative estimate of drug-likeness (QED) is 0.491. The lowest BCUT2D eigenvalue weighted by atomic mass is 9.99. The van der Waals surface area contributed by atoms with E-state index in [1.807, 2.05) is 6.07 Å². The summed E-state index contributed by atoms with van der Waals surface area (Å²) in [6.45, 7) is 1.10. The van der Waals surface area contributed by atoms with Crippen LogP contribution in [0.25, 0.3) is 0 Å². The molecule has 1 unspecified atom stereocenters. The summed E-state index contributed by atoms with van der Waals surface area (Å²) in [5.41, 5.74) is 0.998. The maximum Gasteiger partial charge on any atom is 0.243 e. The number of carbonyl (C=O) groups is 1. The molecule has 0 bridgehead atoms. The molecule has 0 aliphatic carbocycles. The van der Waals surface area contributed by atoms with Gasteiger partial charge in [-0.1, -0.05) is 40.9 Å². The van der Waals surface area contributed by atoms with Crippen LogP contribution in [0, 0.1) is 5.92 Å². The van der Waals surface area contributed by atoms with Crippen LogP contribution >= 0.6 is 46.6 Å². The number of nitrogens with zero attached hydrogens (tertiary/aromatic N) is 1. The van der Waals surface area contributed by atoms with Crippen LogP contribution in [-0.4, -0.2) is 44.0 Å². The van der Waals surface area contributed by atoms with Gasteiger partial charge in [-0.15, -0.1) is 0 Å². The fraction of sp³-hybridized carbons (Fsp3) is 0.381. The third-order valence-electron chi connectivity index (χ3n) is 5.02. The van der Waals surface area contributed by atoms with Crippen LogP contribution in [0.4, 0.5) is 0 Å². The average molecular weight is 522 g/mol. The molecule has 168 valence electrons. The van der Waals surface area contributed by atoms with Crippen LogP contribution in [-0.2, 0) is 20.6 Å². The van der Waals surface area contributed by atoms with Crippen LogP contribution in [0.5, 0.6) is 0 Å². The maximum atomic E-state index is 12.9. The highest BCUT2D eigenvalue weighted by molar-refractivity contribution is 7.98. The molecule has 1 aliphatic rings. The Morgan fingerprint density at radius 1 is 1.10 bits per heavy atom. The first-order valence-corrected chi connectivity index (χ1v) is 13.6. The van der Waals surface area contributed by atoms with Crippen molar-refractivity contribution < 1.29 is 13.2 Å². The topological polar surface area (TPSA) is 66.5 Å². The van der Waals surface area contributed by atoms with E-state index < -0.39 is 10.0 Å². The molecular weight excluding hydrogens is 499 g/mol. The van der Waals surface area contributed by atoms with Gasteiger partial charge in [0.15, 0.2) is 0 Å². The Labute approximate surface area is 202 Å². The van der Waals surface area contributed by atoms with Gasteiger partial charge in [0.05, 0.1) is 10.8 Å². The molecule has 0 spiro atoms. The number of nitrogens with one attached hydrogen (secondary N) is 1. The molecule has 1 N–H and O–H groups in total. The smallest absolute Gasteiger partial charge is 0.243 e. The Morgan fingerprint density at radius 3 is 2.52 bits per heavy atom. The number of hydrogen-bond donors (Lipinski definition) is 1. The lowest BCUT2D eigenvalue weighted by molar-refractivity contribution is -0.125. The molecule has 1 aliphatic heterocycles. The number of piperidine rings is 1. The summed E-state index contributed by atoms with van der Waals surface area (Å²) in [4.78, 5) is 12.8. The summed E-state index contributed by atoms with van der Waals surface area (Å²) in [6, 6.07) is 11.5. The second-order valence-corrected chi connectivity index (χ2v) is 11.6. The Morgan fingerprint density at radius 2 is 1.81 bits per heavy atom. The molecule has 1 saturated heterocycles. The van der Waals surface area contributed by atoms with Gasteiger partial charge in [-0.2, -0.15) is 16.1 Å². The van der Waals surface area contributed by atoms with Gasteiger partial charge in [0.1, 0.15) is 0 Å². The van der Waals surface area contributed by atoms with Gasteiger partial charge >= 0.3 is 0 Å². The number of amides is 1. The number of sulfonamides is 1. The number of carbonyl (C=O) groups excluding carboxylic acids is 1. The fourth-order valence-electron chi connectivity index (χ4n) is 3.34. The Balaban J connectivity index is 1.46. The molecule has 1 heterocycles. The molecule has 2 aromatic rings. The third kappa shape index (κ3) is 6.76. The molecular formula is C21H23Cl3N2O3S2. The second-order valence-electron chi connectivity index (χ2n) is 7.24. The van der Waals surface area contributed by atoms with Gasteiger partial charge in [0, 0.05) is 46.2 Å². The van der Waals surface area contributed by atoms with Crippen LogP contribution < -0.4 is 5.32 Å². The van der Waals surface area contributed by atoms with Gasteiger partial charge in [-0.3, -0.25) is 4.79 Å². The Hall–Kier alpha value is -0.960. The molecule has 31 heavy (non-hydrogen) atoms. The van der Waals surface area contributed by atoms with Crippen LogP contribution in [0.3, 0.4) is 0 Å². The van der Waals surface area contributed by atoms with E-state index in [0.717, 1.165) is 17.1 Å². The predicted molar refractivity (Wildman–Crippen MR) is 129 cm³/mol. The summed E-state index contributed by atoms with van der Waals surface area (Å²) in [5.74, 6) is 0.986. The van der Waals surface area contributed by atoms with Crippen LogP contribution in [0.15, 0.2) is 47.4 Å². The summed E-state index contributed by atoms with van der Waals surface area (Å²) in [6.07, 6.45) is 1.32. The van der Waals surface area contributed by atoms with Crippen molar-refractivity contribution in [2.75, 3.05) is 25.4 Å². The minimum Gasteiger partial charge on any atom is -0.355 e. The largest absolute Gasteiger partial charge is 0.355 e. The molecule has 0 aromatic heterocycles. The minimum absolute atomic E-state index is 0.110. The van der Waals surface area contributed by atoms with Crippen molar-refractivity contribution in [3.63, 3.8) is 0 Å². The highest BCUT2D eigenvalue weighted by atomic mass is 35.5. The van der Waals surface area contributed by atoms with Gasteiger partial charge < -0.3 is 5.32 Å². The first-order valence-electron chi connectivity index (χ1n) is 9.82. The van der Waals surface area contributed by atoms with Gasteiger partial charge in [0.2, 0.25) is 15.9 Å². The number of thioether (sulfide) groups is 1. The first-order chi connectivity index (χ1) is 14.8. The van der Waals surface area contributed by atoms with E-state index in [-0.39, 0.29) is 23.3 Å².